The Morgan fingerprint density at radius 1 is 1.10 bits per heavy atom. The van der Waals surface area contributed by atoms with Crippen molar-refractivity contribution in [1.82, 2.24) is 4.90 Å². The molecule has 1 heterocycles. The molecule has 0 spiro atoms. The Balaban J connectivity index is 1.75. The van der Waals surface area contributed by atoms with Crippen molar-refractivity contribution >= 4 is 23.5 Å². The molecule has 1 saturated heterocycles. The number of rotatable bonds is 8. The molecule has 0 radical (unpaired) electrons. The molecule has 1 fully saturated rings. The minimum Gasteiger partial charge on any atom is -0.481 e. The van der Waals surface area contributed by atoms with Gasteiger partial charge >= 0.3 is 5.97 Å². The van der Waals surface area contributed by atoms with Crippen LogP contribution in [0, 0.1) is 0 Å². The number of carbonyl (C=O) groups excluding carboxylic acids is 1. The van der Waals surface area contributed by atoms with Gasteiger partial charge in [-0.25, -0.2) is 0 Å². The fourth-order valence-electron chi connectivity index (χ4n) is 2.40. The predicted octanol–water partition coefficient (Wildman–Crippen LogP) is 2.92. The molecule has 1 aromatic rings. The Hall–Kier alpha value is -1.33. The predicted molar refractivity (Wildman–Crippen MR) is 84.0 cm³/mol. The van der Waals surface area contributed by atoms with Crippen LogP contribution in [-0.2, 0) is 4.79 Å². The van der Waals surface area contributed by atoms with E-state index < -0.39 is 5.97 Å². The van der Waals surface area contributed by atoms with Crippen LogP contribution in [0.4, 0.5) is 0 Å². The van der Waals surface area contributed by atoms with Crippen molar-refractivity contribution in [2.45, 2.75) is 30.6 Å². The number of carboxylic acids is 1. The quantitative estimate of drug-likeness (QED) is 0.591. The highest BCUT2D eigenvalue weighted by Gasteiger charge is 2.11. The number of hydrogen-bond acceptors (Lipinski definition) is 4. The summed E-state index contributed by atoms with van der Waals surface area (Å²) in [5.74, 6) is 0.0233. The van der Waals surface area contributed by atoms with Gasteiger partial charge in [-0.3, -0.25) is 9.59 Å². The van der Waals surface area contributed by atoms with Crippen molar-refractivity contribution in [3.63, 3.8) is 0 Å². The minimum absolute atomic E-state index is 0.0663. The highest BCUT2D eigenvalue weighted by molar-refractivity contribution is 7.99. The van der Waals surface area contributed by atoms with Gasteiger partial charge in [-0.2, -0.15) is 0 Å². The fraction of sp³-hybridized carbons (Fsp3) is 0.500. The molecule has 1 N–H and O–H groups in total. The van der Waals surface area contributed by atoms with E-state index in [-0.39, 0.29) is 18.6 Å². The summed E-state index contributed by atoms with van der Waals surface area (Å²) >= 11 is 1.80. The van der Waals surface area contributed by atoms with Crippen molar-refractivity contribution in [3.05, 3.63) is 29.8 Å². The lowest BCUT2D eigenvalue weighted by molar-refractivity contribution is -0.136. The van der Waals surface area contributed by atoms with E-state index in [0.717, 1.165) is 17.2 Å². The molecule has 1 aromatic carbocycles. The maximum atomic E-state index is 11.8. The number of benzene rings is 1. The first-order valence-corrected chi connectivity index (χ1v) is 8.34. The molecule has 0 bridgehead atoms. The van der Waals surface area contributed by atoms with E-state index in [1.54, 1.807) is 23.9 Å². The van der Waals surface area contributed by atoms with Crippen molar-refractivity contribution in [2.75, 3.05) is 25.4 Å². The summed E-state index contributed by atoms with van der Waals surface area (Å²) in [5, 5.41) is 8.58. The Morgan fingerprint density at radius 3 is 2.38 bits per heavy atom. The number of thioether (sulfide) groups is 1. The van der Waals surface area contributed by atoms with Crippen LogP contribution < -0.4 is 0 Å². The van der Waals surface area contributed by atoms with E-state index >= 15 is 0 Å². The van der Waals surface area contributed by atoms with Crippen LogP contribution in [0.3, 0.4) is 0 Å². The van der Waals surface area contributed by atoms with Gasteiger partial charge in [-0.05, 0) is 38.1 Å². The highest BCUT2D eigenvalue weighted by Crippen LogP contribution is 2.20. The maximum Gasteiger partial charge on any atom is 0.303 e. The third-order valence-electron chi connectivity index (χ3n) is 3.62. The lowest BCUT2D eigenvalue weighted by Gasteiger charge is -2.13. The zero-order valence-corrected chi connectivity index (χ0v) is 12.9. The van der Waals surface area contributed by atoms with Gasteiger partial charge in [0.25, 0.3) is 0 Å². The van der Waals surface area contributed by atoms with Crippen molar-refractivity contribution in [2.24, 2.45) is 0 Å². The molecule has 0 atom stereocenters. The van der Waals surface area contributed by atoms with E-state index in [9.17, 15) is 9.59 Å². The average Bonchev–Trinajstić information content (AvgIpc) is 2.99. The first kappa shape index (κ1) is 16.0. The van der Waals surface area contributed by atoms with Gasteiger partial charge in [0, 0.05) is 29.2 Å². The maximum absolute atomic E-state index is 11.8. The van der Waals surface area contributed by atoms with E-state index in [4.69, 9.17) is 5.11 Å². The van der Waals surface area contributed by atoms with E-state index in [2.05, 4.69) is 4.90 Å². The third-order valence-corrected chi connectivity index (χ3v) is 4.61. The summed E-state index contributed by atoms with van der Waals surface area (Å²) in [7, 11) is 0. The molecule has 0 amide bonds. The molecule has 5 heteroatoms. The minimum atomic E-state index is -0.933. The van der Waals surface area contributed by atoms with Gasteiger partial charge in [0.15, 0.2) is 5.78 Å². The van der Waals surface area contributed by atoms with E-state index in [1.807, 2.05) is 12.1 Å². The summed E-state index contributed by atoms with van der Waals surface area (Å²) in [6, 6.07) is 7.48. The Kier molecular flexibility index (Phi) is 6.26. The smallest absolute Gasteiger partial charge is 0.303 e. The Morgan fingerprint density at radius 2 is 1.76 bits per heavy atom. The largest absolute Gasteiger partial charge is 0.481 e. The van der Waals surface area contributed by atoms with Gasteiger partial charge in [-0.1, -0.05) is 12.1 Å². The monoisotopic (exact) mass is 307 g/mol. The molecular formula is C16H21NO3S. The van der Waals surface area contributed by atoms with Gasteiger partial charge < -0.3 is 10.0 Å². The number of aliphatic carboxylic acids is 1. The van der Waals surface area contributed by atoms with Crippen LogP contribution in [0.25, 0.3) is 0 Å². The fourth-order valence-corrected chi connectivity index (χ4v) is 3.31. The van der Waals surface area contributed by atoms with Crippen LogP contribution in [-0.4, -0.2) is 47.1 Å². The Bertz CT molecular complexity index is 481. The van der Waals surface area contributed by atoms with Crippen molar-refractivity contribution in [3.8, 4) is 0 Å². The standard InChI is InChI=1S/C16H21NO3S/c18-15(7-8-16(19)20)13-3-5-14(6-4-13)21-12-11-17-9-1-2-10-17/h3-6H,1-2,7-12H2,(H,19,20). The topological polar surface area (TPSA) is 57.6 Å². The normalized spacial score (nSPS) is 15.2. The summed E-state index contributed by atoms with van der Waals surface area (Å²) in [5.41, 5.74) is 0.597. The number of likely N-dealkylation sites (tertiary alicyclic amines) is 1. The molecule has 1 aliphatic rings. The summed E-state index contributed by atoms with van der Waals surface area (Å²) in [4.78, 5) is 25.9. The van der Waals surface area contributed by atoms with Gasteiger partial charge in [0.1, 0.15) is 0 Å². The number of ketones is 1. The number of carboxylic acid groups (broad SMARTS) is 1. The zero-order chi connectivity index (χ0) is 15.1. The molecule has 114 valence electrons. The summed E-state index contributed by atoms with van der Waals surface area (Å²) in [6.07, 6.45) is 2.59. The lowest BCUT2D eigenvalue weighted by Crippen LogP contribution is -2.21. The number of nitrogens with zero attached hydrogens (tertiary/aromatic N) is 1. The van der Waals surface area contributed by atoms with Crippen LogP contribution in [0.2, 0.25) is 0 Å². The van der Waals surface area contributed by atoms with Gasteiger partial charge in [0.2, 0.25) is 0 Å². The van der Waals surface area contributed by atoms with Gasteiger partial charge in [0.05, 0.1) is 6.42 Å². The van der Waals surface area contributed by atoms with Crippen molar-refractivity contribution < 1.29 is 14.7 Å². The zero-order valence-electron chi connectivity index (χ0n) is 12.1. The van der Waals surface area contributed by atoms with E-state index in [0.29, 0.717) is 5.56 Å². The summed E-state index contributed by atoms with van der Waals surface area (Å²) in [6.45, 7) is 3.55. The number of carbonyl (C=O) groups is 2. The second kappa shape index (κ2) is 8.20. The summed E-state index contributed by atoms with van der Waals surface area (Å²) < 4.78 is 0. The molecule has 21 heavy (non-hydrogen) atoms. The molecule has 1 aliphatic heterocycles. The van der Waals surface area contributed by atoms with Crippen molar-refractivity contribution in [1.29, 1.82) is 0 Å². The SMILES string of the molecule is O=C(O)CCC(=O)c1ccc(SCCN2CCCC2)cc1. The van der Waals surface area contributed by atoms with Crippen LogP contribution >= 0.6 is 11.8 Å². The number of Topliss-reactive ketones (excluding diaryl/α,β-unsaturated/α-hetero) is 1. The molecule has 4 nitrogen and oxygen atoms in total. The first-order chi connectivity index (χ1) is 10.1. The molecule has 0 saturated carbocycles. The third kappa shape index (κ3) is 5.52. The lowest BCUT2D eigenvalue weighted by atomic mass is 10.1. The van der Waals surface area contributed by atoms with E-state index in [1.165, 1.54) is 25.9 Å². The first-order valence-electron chi connectivity index (χ1n) is 7.35. The van der Waals surface area contributed by atoms with Crippen LogP contribution in [0.5, 0.6) is 0 Å². The molecule has 0 aromatic heterocycles. The second-order valence-electron chi connectivity index (χ2n) is 5.24. The second-order valence-corrected chi connectivity index (χ2v) is 6.41. The molecule has 2 rings (SSSR count). The van der Waals surface area contributed by atoms with Crippen LogP contribution in [0.15, 0.2) is 29.2 Å². The molecule has 0 unspecified atom stereocenters. The Labute approximate surface area is 129 Å². The number of hydrogen-bond donors (Lipinski definition) is 1. The molecule has 0 aliphatic carbocycles. The van der Waals surface area contributed by atoms with Crippen LogP contribution in [0.1, 0.15) is 36.0 Å². The highest BCUT2D eigenvalue weighted by atomic mass is 32.2. The average molecular weight is 307 g/mol. The molecular weight excluding hydrogens is 286 g/mol. The van der Waals surface area contributed by atoms with Gasteiger partial charge in [-0.15, -0.1) is 11.8 Å².